The highest BCUT2D eigenvalue weighted by Crippen LogP contribution is 2.29. The fourth-order valence-corrected chi connectivity index (χ4v) is 3.04. The number of carbonyl (C=O) groups excluding carboxylic acids is 1. The van der Waals surface area contributed by atoms with Crippen LogP contribution in [0.25, 0.3) is 0 Å². The van der Waals surface area contributed by atoms with Gasteiger partial charge in [-0.15, -0.1) is 0 Å². The number of amides is 1. The summed E-state index contributed by atoms with van der Waals surface area (Å²) in [7, 11) is 0. The molecule has 2 aromatic rings. The van der Waals surface area contributed by atoms with Gasteiger partial charge in [0.05, 0.1) is 6.04 Å². The van der Waals surface area contributed by atoms with Gasteiger partial charge in [0, 0.05) is 51.2 Å². The lowest BCUT2D eigenvalue weighted by Crippen LogP contribution is -2.45. The molecule has 2 N–H and O–H groups in total. The van der Waals surface area contributed by atoms with Gasteiger partial charge in [-0.3, -0.25) is 14.7 Å². The molecule has 1 aliphatic rings. The van der Waals surface area contributed by atoms with E-state index in [1.165, 1.54) is 18.1 Å². The van der Waals surface area contributed by atoms with Crippen molar-refractivity contribution >= 4 is 11.6 Å². The van der Waals surface area contributed by atoms with Gasteiger partial charge in [0.2, 0.25) is 5.91 Å². The van der Waals surface area contributed by atoms with Crippen LogP contribution >= 0.6 is 0 Å². The van der Waals surface area contributed by atoms with Crippen molar-refractivity contribution in [1.29, 1.82) is 0 Å². The highest BCUT2D eigenvalue weighted by Gasteiger charge is 2.23. The first kappa shape index (κ1) is 15.6. The van der Waals surface area contributed by atoms with E-state index in [-0.39, 0.29) is 11.9 Å². The van der Waals surface area contributed by atoms with Crippen molar-refractivity contribution in [3.63, 3.8) is 0 Å². The number of aromatic nitrogens is 1. The van der Waals surface area contributed by atoms with E-state index in [0.717, 1.165) is 31.9 Å². The average Bonchev–Trinajstić information content (AvgIpc) is 2.58. The zero-order chi connectivity index (χ0) is 16.1. The summed E-state index contributed by atoms with van der Waals surface area (Å²) in [6, 6.07) is 12.4. The van der Waals surface area contributed by atoms with Crippen LogP contribution in [0.5, 0.6) is 0 Å². The molecular formula is C18H22N4O. The predicted octanol–water partition coefficient (Wildman–Crippen LogP) is 2.03. The molecule has 5 heteroatoms. The Balaban J connectivity index is 1.89. The number of nitrogens with zero attached hydrogens (tertiary/aromatic N) is 2. The fourth-order valence-electron chi connectivity index (χ4n) is 3.04. The molecule has 1 amide bonds. The van der Waals surface area contributed by atoms with Gasteiger partial charge in [0.25, 0.3) is 0 Å². The molecule has 3 rings (SSSR count). The number of piperazine rings is 1. The number of rotatable bonds is 4. The van der Waals surface area contributed by atoms with Crippen molar-refractivity contribution in [1.82, 2.24) is 15.2 Å². The minimum Gasteiger partial charge on any atom is -0.326 e. The van der Waals surface area contributed by atoms with Gasteiger partial charge in [-0.05, 0) is 29.3 Å². The Labute approximate surface area is 136 Å². The minimum absolute atomic E-state index is 0.0522. The Hall–Kier alpha value is -2.24. The second kappa shape index (κ2) is 7.35. The van der Waals surface area contributed by atoms with Crippen LogP contribution in [0.3, 0.4) is 0 Å². The number of anilines is 1. The lowest BCUT2D eigenvalue weighted by Gasteiger charge is -2.35. The molecule has 0 saturated carbocycles. The van der Waals surface area contributed by atoms with E-state index in [2.05, 4.69) is 38.7 Å². The largest absolute Gasteiger partial charge is 0.326 e. The number of hydrogen-bond acceptors (Lipinski definition) is 4. The lowest BCUT2D eigenvalue weighted by molar-refractivity contribution is -0.114. The zero-order valence-electron chi connectivity index (χ0n) is 13.3. The van der Waals surface area contributed by atoms with Crippen molar-refractivity contribution in [3.8, 4) is 0 Å². The molecule has 0 aliphatic carbocycles. The normalized spacial score (nSPS) is 16.7. The fraction of sp³-hybridized carbons (Fsp3) is 0.333. The molecule has 0 bridgehead atoms. The van der Waals surface area contributed by atoms with Crippen LogP contribution in [-0.4, -0.2) is 42.0 Å². The van der Waals surface area contributed by atoms with Crippen LogP contribution in [0.1, 0.15) is 24.1 Å². The van der Waals surface area contributed by atoms with E-state index in [1.54, 1.807) is 6.20 Å². The van der Waals surface area contributed by atoms with E-state index in [4.69, 9.17) is 0 Å². The Morgan fingerprint density at radius 2 is 1.91 bits per heavy atom. The molecule has 5 nitrogen and oxygen atoms in total. The third-order valence-corrected chi connectivity index (χ3v) is 4.06. The van der Waals surface area contributed by atoms with E-state index in [1.807, 2.05) is 24.4 Å². The summed E-state index contributed by atoms with van der Waals surface area (Å²) in [4.78, 5) is 17.9. The quantitative estimate of drug-likeness (QED) is 0.907. The number of benzene rings is 1. The highest BCUT2D eigenvalue weighted by atomic mass is 16.1. The number of pyridine rings is 1. The molecule has 23 heavy (non-hydrogen) atoms. The van der Waals surface area contributed by atoms with Gasteiger partial charge in [-0.1, -0.05) is 18.2 Å². The van der Waals surface area contributed by atoms with Crippen molar-refractivity contribution in [2.45, 2.75) is 13.0 Å². The van der Waals surface area contributed by atoms with Gasteiger partial charge in [-0.25, -0.2) is 0 Å². The van der Waals surface area contributed by atoms with Crippen molar-refractivity contribution in [2.24, 2.45) is 0 Å². The molecule has 1 unspecified atom stereocenters. The monoisotopic (exact) mass is 310 g/mol. The van der Waals surface area contributed by atoms with E-state index in [9.17, 15) is 4.79 Å². The second-order valence-electron chi connectivity index (χ2n) is 5.78. The molecule has 0 spiro atoms. The van der Waals surface area contributed by atoms with Crippen LogP contribution in [0.4, 0.5) is 5.69 Å². The van der Waals surface area contributed by atoms with Crippen LogP contribution in [0, 0.1) is 0 Å². The van der Waals surface area contributed by atoms with E-state index in [0.29, 0.717) is 0 Å². The maximum Gasteiger partial charge on any atom is 0.221 e. The molecule has 1 aromatic carbocycles. The summed E-state index contributed by atoms with van der Waals surface area (Å²) >= 11 is 0. The van der Waals surface area contributed by atoms with Gasteiger partial charge in [0.15, 0.2) is 0 Å². The van der Waals surface area contributed by atoms with Crippen molar-refractivity contribution < 1.29 is 4.79 Å². The summed E-state index contributed by atoms with van der Waals surface area (Å²) in [5.41, 5.74) is 3.24. The van der Waals surface area contributed by atoms with Crippen molar-refractivity contribution in [2.75, 3.05) is 31.5 Å². The second-order valence-corrected chi connectivity index (χ2v) is 5.78. The van der Waals surface area contributed by atoms with E-state index < -0.39 is 0 Å². The molecule has 120 valence electrons. The molecule has 0 radical (unpaired) electrons. The van der Waals surface area contributed by atoms with Crippen LogP contribution in [0.15, 0.2) is 48.8 Å². The molecule has 1 fully saturated rings. The Bertz CT molecular complexity index is 636. The first-order valence-corrected chi connectivity index (χ1v) is 7.96. The van der Waals surface area contributed by atoms with Crippen molar-refractivity contribution in [3.05, 3.63) is 59.9 Å². The number of nitrogens with one attached hydrogen (secondary N) is 2. The van der Waals surface area contributed by atoms with Gasteiger partial charge >= 0.3 is 0 Å². The SMILES string of the molecule is CC(=O)Nc1ccc(C(c2cccnc2)N2CCNCC2)cc1. The third kappa shape index (κ3) is 3.94. The Morgan fingerprint density at radius 1 is 1.17 bits per heavy atom. The lowest BCUT2D eigenvalue weighted by atomic mass is 9.97. The molecule has 1 aromatic heterocycles. The summed E-state index contributed by atoms with van der Waals surface area (Å²) in [5.74, 6) is -0.0522. The maximum absolute atomic E-state index is 11.2. The highest BCUT2D eigenvalue weighted by molar-refractivity contribution is 5.88. The van der Waals surface area contributed by atoms with Crippen LogP contribution < -0.4 is 10.6 Å². The van der Waals surface area contributed by atoms with Gasteiger partial charge in [0.1, 0.15) is 0 Å². The summed E-state index contributed by atoms with van der Waals surface area (Å²) < 4.78 is 0. The van der Waals surface area contributed by atoms with Gasteiger partial charge in [-0.2, -0.15) is 0 Å². The van der Waals surface area contributed by atoms with Crippen LogP contribution in [0.2, 0.25) is 0 Å². The zero-order valence-corrected chi connectivity index (χ0v) is 13.3. The molecule has 1 aliphatic heterocycles. The standard InChI is InChI=1S/C18H22N4O/c1-14(23)21-17-6-4-15(5-7-17)18(16-3-2-8-20-13-16)22-11-9-19-10-12-22/h2-8,13,18-19H,9-12H2,1H3,(H,21,23). The smallest absolute Gasteiger partial charge is 0.221 e. The van der Waals surface area contributed by atoms with E-state index >= 15 is 0 Å². The first-order chi connectivity index (χ1) is 11.2. The number of hydrogen-bond donors (Lipinski definition) is 2. The number of carbonyl (C=O) groups is 1. The Morgan fingerprint density at radius 3 is 2.52 bits per heavy atom. The molecule has 2 heterocycles. The molecule has 1 atom stereocenters. The predicted molar refractivity (Wildman–Crippen MR) is 91.3 cm³/mol. The summed E-state index contributed by atoms with van der Waals surface area (Å²) in [6.07, 6.45) is 3.74. The molecule has 1 saturated heterocycles. The maximum atomic E-state index is 11.2. The Kier molecular flexibility index (Phi) is 5.00. The average molecular weight is 310 g/mol. The summed E-state index contributed by atoms with van der Waals surface area (Å²) in [6.45, 7) is 5.54. The minimum atomic E-state index is -0.0522. The van der Waals surface area contributed by atoms with Gasteiger partial charge < -0.3 is 10.6 Å². The topological polar surface area (TPSA) is 57.3 Å². The third-order valence-electron chi connectivity index (χ3n) is 4.06. The molecular weight excluding hydrogens is 288 g/mol. The van der Waals surface area contributed by atoms with Crippen LogP contribution in [-0.2, 0) is 4.79 Å². The summed E-state index contributed by atoms with van der Waals surface area (Å²) in [5, 5.41) is 6.21. The first-order valence-electron chi connectivity index (χ1n) is 7.96.